The van der Waals surface area contributed by atoms with Crippen LogP contribution in [0.3, 0.4) is 0 Å². The first-order chi connectivity index (χ1) is 7.40. The Morgan fingerprint density at radius 2 is 2.25 bits per heavy atom. The van der Waals surface area contributed by atoms with Crippen LogP contribution in [0.15, 0.2) is 4.99 Å². The Balaban J connectivity index is 2.31. The zero-order valence-electron chi connectivity index (χ0n) is 8.71. The van der Waals surface area contributed by atoms with Crippen LogP contribution >= 0.6 is 11.8 Å². The molecule has 6 nitrogen and oxygen atoms in total. The van der Waals surface area contributed by atoms with Crippen LogP contribution in [0.4, 0.5) is 0 Å². The lowest BCUT2D eigenvalue weighted by molar-refractivity contribution is -0.158. The molecule has 86 valence electrons. The molecule has 2 aliphatic heterocycles. The van der Waals surface area contributed by atoms with Crippen LogP contribution in [0.2, 0.25) is 0 Å². The number of β-lactam (4-membered cyclic amide) rings is 1. The number of nitrogens with zero attached hydrogens (tertiary/aromatic N) is 2. The molecule has 0 aliphatic carbocycles. The van der Waals surface area contributed by atoms with Gasteiger partial charge in [-0.25, -0.2) is 9.59 Å². The van der Waals surface area contributed by atoms with E-state index in [0.29, 0.717) is 0 Å². The number of carboxylic acids is 1. The fraction of sp³-hybridized carbons (Fsp3) is 0.667. The maximum atomic E-state index is 11.6. The van der Waals surface area contributed by atoms with Gasteiger partial charge in [0.2, 0.25) is 6.08 Å². The molecule has 0 saturated carbocycles. The van der Waals surface area contributed by atoms with Gasteiger partial charge in [-0.05, 0) is 13.8 Å². The molecule has 2 fully saturated rings. The molecule has 2 heterocycles. The van der Waals surface area contributed by atoms with Gasteiger partial charge in [0, 0.05) is 4.75 Å². The fourth-order valence-corrected chi connectivity index (χ4v) is 3.78. The number of carboxylic acid groups (broad SMARTS) is 1. The first kappa shape index (κ1) is 11.2. The van der Waals surface area contributed by atoms with Gasteiger partial charge in [0.05, 0.1) is 0 Å². The minimum atomic E-state index is -1.03. The maximum Gasteiger partial charge on any atom is 0.327 e. The monoisotopic (exact) mass is 242 g/mol. The van der Waals surface area contributed by atoms with E-state index in [1.807, 2.05) is 0 Å². The van der Waals surface area contributed by atoms with Crippen molar-refractivity contribution in [1.29, 1.82) is 0 Å². The van der Waals surface area contributed by atoms with Gasteiger partial charge in [-0.1, -0.05) is 0 Å². The van der Waals surface area contributed by atoms with Gasteiger partial charge in [-0.3, -0.25) is 4.79 Å². The molecule has 2 rings (SSSR count). The molecular weight excluding hydrogens is 232 g/mol. The molecule has 3 atom stereocenters. The molecule has 0 spiro atoms. The number of thioether (sulfide) groups is 1. The predicted molar refractivity (Wildman–Crippen MR) is 55.6 cm³/mol. The number of aliphatic carboxylic acids is 1. The molecule has 0 aromatic carbocycles. The molecular formula is C9H10N2O4S. The number of hydrogen-bond acceptors (Lipinski definition) is 5. The van der Waals surface area contributed by atoms with Crippen LogP contribution in [-0.2, 0) is 14.4 Å². The van der Waals surface area contributed by atoms with E-state index < -0.39 is 28.7 Å². The Hall–Kier alpha value is -1.33. The Bertz CT molecular complexity index is 416. The standard InChI is InChI=1S/C9H10N2O4S/c1-9(2)5(8(14)15)11-6(13)4(10-3-12)7(11)16-9/h4-5,7H,1-2H3,(H,14,15)/t4?,5-,7+/m0/s1. The third kappa shape index (κ3) is 1.28. The number of carbonyl (C=O) groups is 2. The van der Waals surface area contributed by atoms with E-state index in [4.69, 9.17) is 5.11 Å². The lowest BCUT2D eigenvalue weighted by Gasteiger charge is -2.40. The molecule has 1 N–H and O–H groups in total. The molecule has 2 aliphatic rings. The van der Waals surface area contributed by atoms with Crippen LogP contribution in [0.1, 0.15) is 13.8 Å². The van der Waals surface area contributed by atoms with E-state index >= 15 is 0 Å². The highest BCUT2D eigenvalue weighted by molar-refractivity contribution is 8.01. The SMILES string of the molecule is CC1(C)S[C@@H]2C(N=C=O)C(=O)N2[C@H]1C(=O)O. The normalized spacial score (nSPS) is 35.0. The molecule has 1 amide bonds. The predicted octanol–water partition coefficient (Wildman–Crippen LogP) is -0.162. The zero-order chi connectivity index (χ0) is 12.1. The van der Waals surface area contributed by atoms with Gasteiger partial charge in [0.15, 0.2) is 6.04 Å². The van der Waals surface area contributed by atoms with Crippen LogP contribution < -0.4 is 0 Å². The Labute approximate surface area is 95.7 Å². The molecule has 2 saturated heterocycles. The van der Waals surface area contributed by atoms with Gasteiger partial charge in [0.25, 0.3) is 5.91 Å². The third-order valence-corrected chi connectivity index (χ3v) is 4.40. The minimum Gasteiger partial charge on any atom is -0.480 e. The van der Waals surface area contributed by atoms with Crippen LogP contribution in [0, 0.1) is 0 Å². The zero-order valence-corrected chi connectivity index (χ0v) is 9.52. The molecule has 7 heteroatoms. The molecule has 1 unspecified atom stereocenters. The van der Waals surface area contributed by atoms with Crippen molar-refractivity contribution in [1.82, 2.24) is 4.90 Å². The number of rotatable bonds is 2. The van der Waals surface area contributed by atoms with Crippen molar-refractivity contribution in [2.75, 3.05) is 0 Å². The highest BCUT2D eigenvalue weighted by Crippen LogP contribution is 2.51. The number of carbonyl (C=O) groups excluding carboxylic acids is 2. The highest BCUT2D eigenvalue weighted by Gasteiger charge is 2.64. The Morgan fingerprint density at radius 1 is 1.62 bits per heavy atom. The number of hydrogen-bond donors (Lipinski definition) is 1. The summed E-state index contributed by atoms with van der Waals surface area (Å²) in [5.74, 6) is -1.43. The quantitative estimate of drug-likeness (QED) is 0.413. The fourth-order valence-electron chi connectivity index (χ4n) is 2.17. The van der Waals surface area contributed by atoms with Crippen molar-refractivity contribution in [2.45, 2.75) is 36.1 Å². The van der Waals surface area contributed by atoms with E-state index in [2.05, 4.69) is 4.99 Å². The maximum absolute atomic E-state index is 11.6. The highest BCUT2D eigenvalue weighted by atomic mass is 32.2. The van der Waals surface area contributed by atoms with Crippen molar-refractivity contribution < 1.29 is 19.5 Å². The summed E-state index contributed by atoms with van der Waals surface area (Å²) < 4.78 is -0.570. The summed E-state index contributed by atoms with van der Waals surface area (Å²) >= 11 is 1.36. The van der Waals surface area contributed by atoms with Crippen molar-refractivity contribution in [3.8, 4) is 0 Å². The summed E-state index contributed by atoms with van der Waals surface area (Å²) in [5.41, 5.74) is 0. The summed E-state index contributed by atoms with van der Waals surface area (Å²) in [5, 5.41) is 8.75. The minimum absolute atomic E-state index is 0.343. The van der Waals surface area contributed by atoms with Crippen molar-refractivity contribution >= 4 is 29.7 Å². The van der Waals surface area contributed by atoms with Crippen molar-refractivity contribution in [3.05, 3.63) is 0 Å². The summed E-state index contributed by atoms with van der Waals surface area (Å²) in [6, 6.07) is -1.61. The first-order valence-electron chi connectivity index (χ1n) is 4.70. The second-order valence-corrected chi connectivity index (χ2v) is 6.03. The molecule has 0 radical (unpaired) electrons. The Morgan fingerprint density at radius 3 is 2.75 bits per heavy atom. The van der Waals surface area contributed by atoms with Gasteiger partial charge >= 0.3 is 5.97 Å². The van der Waals surface area contributed by atoms with Gasteiger partial charge in [-0.2, -0.15) is 4.99 Å². The summed E-state index contributed by atoms with van der Waals surface area (Å²) in [4.78, 5) is 37.5. The number of amides is 1. The average Bonchev–Trinajstić information content (AvgIpc) is 2.43. The largest absolute Gasteiger partial charge is 0.480 e. The van der Waals surface area contributed by atoms with Crippen LogP contribution in [0.25, 0.3) is 0 Å². The second-order valence-electron chi connectivity index (χ2n) is 4.26. The van der Waals surface area contributed by atoms with E-state index in [0.717, 1.165) is 0 Å². The molecule has 0 bridgehead atoms. The average molecular weight is 242 g/mol. The summed E-state index contributed by atoms with van der Waals surface area (Å²) in [6.07, 6.45) is 1.35. The topological polar surface area (TPSA) is 87.0 Å². The van der Waals surface area contributed by atoms with Crippen LogP contribution in [0.5, 0.6) is 0 Å². The smallest absolute Gasteiger partial charge is 0.327 e. The van der Waals surface area contributed by atoms with E-state index in [1.54, 1.807) is 13.8 Å². The molecule has 16 heavy (non-hydrogen) atoms. The Kier molecular flexibility index (Phi) is 2.32. The van der Waals surface area contributed by atoms with Crippen molar-refractivity contribution in [3.63, 3.8) is 0 Å². The lowest BCUT2D eigenvalue weighted by Crippen LogP contribution is -2.64. The molecule has 0 aromatic rings. The van der Waals surface area contributed by atoms with E-state index in [9.17, 15) is 14.4 Å². The number of fused-ring (bicyclic) bond motifs is 1. The number of isocyanates is 1. The van der Waals surface area contributed by atoms with E-state index in [1.165, 1.54) is 22.7 Å². The van der Waals surface area contributed by atoms with Gasteiger partial charge in [-0.15, -0.1) is 11.8 Å². The lowest BCUT2D eigenvalue weighted by atomic mass is 9.96. The van der Waals surface area contributed by atoms with Crippen molar-refractivity contribution in [2.24, 2.45) is 4.99 Å². The van der Waals surface area contributed by atoms with Gasteiger partial charge in [0.1, 0.15) is 11.4 Å². The summed E-state index contributed by atoms with van der Waals surface area (Å²) in [6.45, 7) is 3.54. The molecule has 0 aromatic heterocycles. The van der Waals surface area contributed by atoms with Crippen LogP contribution in [-0.4, -0.2) is 50.2 Å². The first-order valence-corrected chi connectivity index (χ1v) is 5.58. The summed E-state index contributed by atoms with van der Waals surface area (Å²) in [7, 11) is 0. The third-order valence-electron chi connectivity index (χ3n) is 2.84. The second kappa shape index (κ2) is 3.33. The van der Waals surface area contributed by atoms with Gasteiger partial charge < -0.3 is 10.0 Å². The van der Waals surface area contributed by atoms with E-state index in [-0.39, 0.29) is 5.37 Å². The number of aliphatic imine (C=N–C) groups is 1.